The molecule has 0 saturated carbocycles. The number of benzene rings is 2. The third-order valence-corrected chi connectivity index (χ3v) is 3.32. The SMILES string of the molecule is Cc1cc(=O)oc2cc(Oc3ccc(C(=N)N)cc3)ccc12. The molecule has 1 heterocycles. The largest absolute Gasteiger partial charge is 0.457 e. The fourth-order valence-electron chi connectivity index (χ4n) is 2.21. The van der Waals surface area contributed by atoms with E-state index in [1.165, 1.54) is 6.07 Å². The average Bonchev–Trinajstić information content (AvgIpc) is 2.47. The summed E-state index contributed by atoms with van der Waals surface area (Å²) in [6, 6.07) is 13.7. The minimum atomic E-state index is -0.382. The van der Waals surface area contributed by atoms with E-state index < -0.39 is 0 Å². The van der Waals surface area contributed by atoms with Crippen molar-refractivity contribution >= 4 is 16.8 Å². The second-order valence-electron chi connectivity index (χ2n) is 4.95. The molecule has 1 aromatic heterocycles. The molecule has 5 heteroatoms. The lowest BCUT2D eigenvalue weighted by Crippen LogP contribution is -2.10. The summed E-state index contributed by atoms with van der Waals surface area (Å²) in [5, 5.41) is 8.23. The molecule has 110 valence electrons. The van der Waals surface area contributed by atoms with Crippen molar-refractivity contribution in [2.45, 2.75) is 6.92 Å². The van der Waals surface area contributed by atoms with Gasteiger partial charge in [-0.1, -0.05) is 0 Å². The minimum absolute atomic E-state index is 0.00880. The normalized spacial score (nSPS) is 10.6. The van der Waals surface area contributed by atoms with Crippen LogP contribution in [-0.2, 0) is 0 Å². The third kappa shape index (κ3) is 2.69. The second-order valence-corrected chi connectivity index (χ2v) is 4.95. The van der Waals surface area contributed by atoms with Crippen LogP contribution >= 0.6 is 0 Å². The van der Waals surface area contributed by atoms with E-state index in [2.05, 4.69) is 0 Å². The van der Waals surface area contributed by atoms with Crippen LogP contribution in [0.5, 0.6) is 11.5 Å². The monoisotopic (exact) mass is 294 g/mol. The lowest BCUT2D eigenvalue weighted by molar-refractivity contribution is 0.480. The van der Waals surface area contributed by atoms with Crippen LogP contribution in [0.25, 0.3) is 11.0 Å². The molecule has 0 amide bonds. The van der Waals surface area contributed by atoms with Crippen LogP contribution in [0.3, 0.4) is 0 Å². The van der Waals surface area contributed by atoms with E-state index in [-0.39, 0.29) is 11.5 Å². The van der Waals surface area contributed by atoms with Gasteiger partial charge in [0.25, 0.3) is 0 Å². The molecule has 0 saturated heterocycles. The maximum atomic E-state index is 11.4. The van der Waals surface area contributed by atoms with Gasteiger partial charge in [-0.2, -0.15) is 0 Å². The Hall–Kier alpha value is -3.08. The van der Waals surface area contributed by atoms with Gasteiger partial charge in [-0.25, -0.2) is 4.79 Å². The highest BCUT2D eigenvalue weighted by Gasteiger charge is 2.05. The molecule has 22 heavy (non-hydrogen) atoms. The van der Waals surface area contributed by atoms with E-state index in [0.717, 1.165) is 10.9 Å². The molecule has 0 bridgehead atoms. The Labute approximate surface area is 126 Å². The van der Waals surface area contributed by atoms with Gasteiger partial charge < -0.3 is 14.9 Å². The lowest BCUT2D eigenvalue weighted by atomic mass is 10.1. The van der Waals surface area contributed by atoms with Crippen LogP contribution in [0, 0.1) is 12.3 Å². The van der Waals surface area contributed by atoms with Gasteiger partial charge in [-0.15, -0.1) is 0 Å². The fraction of sp³-hybridized carbons (Fsp3) is 0.0588. The van der Waals surface area contributed by atoms with Gasteiger partial charge >= 0.3 is 5.63 Å². The summed E-state index contributed by atoms with van der Waals surface area (Å²) in [6.45, 7) is 1.86. The van der Waals surface area contributed by atoms with E-state index in [1.807, 2.05) is 19.1 Å². The molecule has 3 N–H and O–H groups in total. The van der Waals surface area contributed by atoms with Crippen molar-refractivity contribution < 1.29 is 9.15 Å². The van der Waals surface area contributed by atoms with Gasteiger partial charge in [0.1, 0.15) is 22.9 Å². The molecule has 0 radical (unpaired) electrons. The number of fused-ring (bicyclic) bond motifs is 1. The molecule has 0 atom stereocenters. The summed E-state index contributed by atoms with van der Waals surface area (Å²) in [4.78, 5) is 11.4. The van der Waals surface area contributed by atoms with Gasteiger partial charge in [0, 0.05) is 23.1 Å². The van der Waals surface area contributed by atoms with Crippen LogP contribution in [0.1, 0.15) is 11.1 Å². The summed E-state index contributed by atoms with van der Waals surface area (Å²) < 4.78 is 10.9. The van der Waals surface area contributed by atoms with Gasteiger partial charge in [-0.3, -0.25) is 5.41 Å². The number of hydrogen-bond donors (Lipinski definition) is 2. The summed E-state index contributed by atoms with van der Waals surface area (Å²) in [6.07, 6.45) is 0. The second kappa shape index (κ2) is 5.37. The molecule has 2 aromatic carbocycles. The van der Waals surface area contributed by atoms with E-state index >= 15 is 0 Å². The van der Waals surface area contributed by atoms with Gasteiger partial charge in [0.05, 0.1) is 0 Å². The quantitative estimate of drug-likeness (QED) is 0.441. The molecular weight excluding hydrogens is 280 g/mol. The summed E-state index contributed by atoms with van der Waals surface area (Å²) in [5.74, 6) is 1.19. The Bertz CT molecular complexity index is 911. The number of ether oxygens (including phenoxy) is 1. The predicted octanol–water partition coefficient (Wildman–Crippen LogP) is 3.18. The third-order valence-electron chi connectivity index (χ3n) is 3.32. The van der Waals surface area contributed by atoms with Crippen LogP contribution in [0.2, 0.25) is 0 Å². The van der Waals surface area contributed by atoms with Crippen molar-refractivity contribution in [1.82, 2.24) is 0 Å². The molecule has 0 aliphatic rings. The van der Waals surface area contributed by atoms with E-state index in [9.17, 15) is 4.79 Å². The Kier molecular flexibility index (Phi) is 3.39. The van der Waals surface area contributed by atoms with Gasteiger partial charge in [-0.05, 0) is 48.9 Å². The van der Waals surface area contributed by atoms with E-state index in [0.29, 0.717) is 22.6 Å². The molecule has 0 unspecified atom stereocenters. The van der Waals surface area contributed by atoms with Crippen molar-refractivity contribution in [3.63, 3.8) is 0 Å². The Morgan fingerprint density at radius 2 is 1.77 bits per heavy atom. The lowest BCUT2D eigenvalue weighted by Gasteiger charge is -2.08. The molecule has 0 fully saturated rings. The number of nitrogens with two attached hydrogens (primary N) is 1. The van der Waals surface area contributed by atoms with Crippen LogP contribution in [-0.4, -0.2) is 5.84 Å². The predicted molar refractivity (Wildman–Crippen MR) is 84.8 cm³/mol. The van der Waals surface area contributed by atoms with Crippen molar-refractivity contribution in [1.29, 1.82) is 5.41 Å². The zero-order valence-corrected chi connectivity index (χ0v) is 11.9. The Balaban J connectivity index is 1.93. The van der Waals surface area contributed by atoms with Gasteiger partial charge in [0.15, 0.2) is 0 Å². The maximum absolute atomic E-state index is 11.4. The fourth-order valence-corrected chi connectivity index (χ4v) is 2.21. The molecule has 0 aliphatic heterocycles. The van der Waals surface area contributed by atoms with Crippen LogP contribution in [0.15, 0.2) is 57.7 Å². The number of nitrogen functional groups attached to an aromatic ring is 1. The summed E-state index contributed by atoms with van der Waals surface area (Å²) in [5.41, 5.74) is 7.01. The zero-order valence-electron chi connectivity index (χ0n) is 11.9. The number of amidine groups is 1. The number of rotatable bonds is 3. The first-order valence-electron chi connectivity index (χ1n) is 6.70. The van der Waals surface area contributed by atoms with Crippen LogP contribution in [0.4, 0.5) is 0 Å². The molecule has 5 nitrogen and oxygen atoms in total. The standard InChI is InChI=1S/C17H14N2O3/c1-10-8-16(20)22-15-9-13(6-7-14(10)15)21-12-4-2-11(3-5-12)17(18)19/h2-9H,1H3,(H3,18,19). The van der Waals surface area contributed by atoms with E-state index in [1.54, 1.807) is 30.3 Å². The minimum Gasteiger partial charge on any atom is -0.457 e. The first-order valence-corrected chi connectivity index (χ1v) is 6.70. The molecule has 0 aliphatic carbocycles. The smallest absolute Gasteiger partial charge is 0.336 e. The molecular formula is C17H14N2O3. The number of nitrogens with one attached hydrogen (secondary N) is 1. The number of hydrogen-bond acceptors (Lipinski definition) is 4. The topological polar surface area (TPSA) is 89.3 Å². The van der Waals surface area contributed by atoms with Crippen molar-refractivity contribution in [3.8, 4) is 11.5 Å². The highest BCUT2D eigenvalue weighted by atomic mass is 16.5. The summed E-state index contributed by atoms with van der Waals surface area (Å²) >= 11 is 0. The first-order chi connectivity index (χ1) is 10.5. The van der Waals surface area contributed by atoms with Crippen LogP contribution < -0.4 is 16.1 Å². The maximum Gasteiger partial charge on any atom is 0.336 e. The Morgan fingerprint density at radius 1 is 1.09 bits per heavy atom. The molecule has 3 aromatic rings. The average molecular weight is 294 g/mol. The van der Waals surface area contributed by atoms with E-state index in [4.69, 9.17) is 20.3 Å². The first kappa shape index (κ1) is 13.9. The molecule has 0 spiro atoms. The van der Waals surface area contributed by atoms with Crippen molar-refractivity contribution in [2.75, 3.05) is 0 Å². The highest BCUT2D eigenvalue weighted by molar-refractivity contribution is 5.95. The molecule has 3 rings (SSSR count). The Morgan fingerprint density at radius 3 is 2.45 bits per heavy atom. The van der Waals surface area contributed by atoms with Gasteiger partial charge in [0.2, 0.25) is 0 Å². The zero-order chi connectivity index (χ0) is 15.7. The van der Waals surface area contributed by atoms with Crippen molar-refractivity contribution in [2.24, 2.45) is 5.73 Å². The highest BCUT2D eigenvalue weighted by Crippen LogP contribution is 2.26. The number of aryl methyl sites for hydroxylation is 1. The van der Waals surface area contributed by atoms with Crippen molar-refractivity contribution in [3.05, 3.63) is 70.1 Å². The summed E-state index contributed by atoms with van der Waals surface area (Å²) in [7, 11) is 0.